The minimum absolute atomic E-state index is 0.109. The van der Waals surface area contributed by atoms with Crippen LogP contribution in [-0.2, 0) is 0 Å². The molecule has 0 aromatic rings. The minimum Gasteiger partial charge on any atom is -0.391 e. The van der Waals surface area contributed by atoms with Gasteiger partial charge in [-0.25, -0.2) is 0 Å². The lowest BCUT2D eigenvalue weighted by Gasteiger charge is -2.45. The first kappa shape index (κ1) is 16.3. The van der Waals surface area contributed by atoms with E-state index in [1.165, 1.54) is 51.4 Å². The third-order valence-electron chi connectivity index (χ3n) is 5.93. The predicted molar refractivity (Wildman–Crippen MR) is 85.8 cm³/mol. The molecule has 20 heavy (non-hydrogen) atoms. The van der Waals surface area contributed by atoms with Crippen molar-refractivity contribution in [2.75, 3.05) is 7.05 Å². The molecule has 0 spiro atoms. The topological polar surface area (TPSA) is 23.5 Å². The van der Waals surface area contributed by atoms with Crippen LogP contribution in [0.5, 0.6) is 0 Å². The first-order chi connectivity index (χ1) is 9.39. The molecule has 3 atom stereocenters. The minimum atomic E-state index is -0.109. The van der Waals surface area contributed by atoms with Gasteiger partial charge in [-0.1, -0.05) is 46.5 Å². The summed E-state index contributed by atoms with van der Waals surface area (Å²) in [4.78, 5) is 2.55. The molecule has 0 heterocycles. The Hall–Kier alpha value is -0.0800. The van der Waals surface area contributed by atoms with Crippen LogP contribution < -0.4 is 0 Å². The largest absolute Gasteiger partial charge is 0.391 e. The Kier molecular flexibility index (Phi) is 5.53. The molecule has 3 unspecified atom stereocenters. The second-order valence-corrected chi connectivity index (χ2v) is 8.32. The summed E-state index contributed by atoms with van der Waals surface area (Å²) in [6.07, 6.45) is 11.5. The second kappa shape index (κ2) is 6.79. The molecule has 0 aliphatic heterocycles. The highest BCUT2D eigenvalue weighted by molar-refractivity contribution is 4.92. The van der Waals surface area contributed by atoms with Gasteiger partial charge in [0, 0.05) is 12.1 Å². The molecule has 2 nitrogen and oxygen atoms in total. The molecule has 0 aromatic carbocycles. The van der Waals surface area contributed by atoms with Gasteiger partial charge in [-0.05, 0) is 50.5 Å². The molecule has 0 radical (unpaired) electrons. The van der Waals surface area contributed by atoms with Gasteiger partial charge in [0.15, 0.2) is 0 Å². The van der Waals surface area contributed by atoms with E-state index in [-0.39, 0.29) is 6.10 Å². The van der Waals surface area contributed by atoms with Crippen LogP contribution in [0.1, 0.15) is 78.6 Å². The number of hydrogen-bond donors (Lipinski definition) is 1. The fourth-order valence-electron chi connectivity index (χ4n) is 4.29. The summed E-state index contributed by atoms with van der Waals surface area (Å²) in [5.74, 6) is 0.754. The third-order valence-corrected chi connectivity index (χ3v) is 5.93. The second-order valence-electron chi connectivity index (χ2n) is 8.32. The molecule has 0 amide bonds. The number of rotatable bonds is 2. The molecular weight excluding hydrogens is 246 g/mol. The zero-order valence-electron chi connectivity index (χ0n) is 14.1. The zero-order chi connectivity index (χ0) is 14.8. The highest BCUT2D eigenvalue weighted by Crippen LogP contribution is 2.40. The first-order valence-electron chi connectivity index (χ1n) is 8.79. The van der Waals surface area contributed by atoms with Gasteiger partial charge >= 0.3 is 0 Å². The Balaban J connectivity index is 2.00. The van der Waals surface area contributed by atoms with Crippen molar-refractivity contribution in [2.24, 2.45) is 11.3 Å². The third kappa shape index (κ3) is 3.98. The monoisotopic (exact) mass is 281 g/mol. The van der Waals surface area contributed by atoms with Gasteiger partial charge in [0.25, 0.3) is 0 Å². The quantitative estimate of drug-likeness (QED) is 0.766. The molecule has 2 heteroatoms. The van der Waals surface area contributed by atoms with E-state index in [4.69, 9.17) is 0 Å². The molecular formula is C18H35NO. The highest BCUT2D eigenvalue weighted by atomic mass is 16.3. The summed E-state index contributed by atoms with van der Waals surface area (Å²) < 4.78 is 0. The van der Waals surface area contributed by atoms with Crippen LogP contribution in [0.2, 0.25) is 0 Å². The first-order valence-corrected chi connectivity index (χ1v) is 8.79. The summed E-state index contributed by atoms with van der Waals surface area (Å²) in [5.41, 5.74) is 0.378. The van der Waals surface area contributed by atoms with E-state index in [2.05, 4.69) is 32.7 Å². The Morgan fingerprint density at radius 3 is 2.05 bits per heavy atom. The van der Waals surface area contributed by atoms with Crippen LogP contribution in [0.4, 0.5) is 0 Å². The number of aliphatic hydroxyl groups excluding tert-OH is 1. The van der Waals surface area contributed by atoms with Crippen molar-refractivity contribution in [1.29, 1.82) is 0 Å². The molecule has 2 aliphatic rings. The van der Waals surface area contributed by atoms with Crippen molar-refractivity contribution < 1.29 is 5.11 Å². The molecule has 0 aromatic heterocycles. The van der Waals surface area contributed by atoms with Gasteiger partial charge in [0.2, 0.25) is 0 Å². The lowest BCUT2D eigenvalue weighted by atomic mass is 9.69. The Labute approximate surface area is 125 Å². The molecule has 2 fully saturated rings. The molecule has 2 rings (SSSR count). The van der Waals surface area contributed by atoms with E-state index in [9.17, 15) is 5.11 Å². The van der Waals surface area contributed by atoms with Gasteiger partial charge in [0.1, 0.15) is 0 Å². The van der Waals surface area contributed by atoms with E-state index in [1.54, 1.807) is 0 Å². The molecule has 1 N–H and O–H groups in total. The van der Waals surface area contributed by atoms with Crippen molar-refractivity contribution in [3.05, 3.63) is 0 Å². The summed E-state index contributed by atoms with van der Waals surface area (Å²) >= 11 is 0. The number of hydrogen-bond acceptors (Lipinski definition) is 2. The molecule has 118 valence electrons. The number of nitrogens with zero attached hydrogens (tertiary/aromatic N) is 1. The van der Waals surface area contributed by atoms with Crippen molar-refractivity contribution in [3.63, 3.8) is 0 Å². The van der Waals surface area contributed by atoms with E-state index in [0.29, 0.717) is 17.5 Å². The van der Waals surface area contributed by atoms with Crippen LogP contribution >= 0.6 is 0 Å². The maximum absolute atomic E-state index is 10.5. The normalized spacial score (nSPS) is 34.2. The van der Waals surface area contributed by atoms with E-state index >= 15 is 0 Å². The average Bonchev–Trinajstić information content (AvgIpc) is 2.66. The summed E-state index contributed by atoms with van der Waals surface area (Å²) in [7, 11) is 2.27. The number of aliphatic hydroxyl groups is 1. The van der Waals surface area contributed by atoms with Crippen molar-refractivity contribution in [1.82, 2.24) is 4.90 Å². The maximum atomic E-state index is 10.5. The zero-order valence-corrected chi connectivity index (χ0v) is 14.1. The fraction of sp³-hybridized carbons (Fsp3) is 1.00. The lowest BCUT2D eigenvalue weighted by molar-refractivity contribution is -0.0245. The van der Waals surface area contributed by atoms with Gasteiger partial charge < -0.3 is 5.11 Å². The molecule has 0 saturated heterocycles. The van der Waals surface area contributed by atoms with E-state index < -0.39 is 0 Å². The predicted octanol–water partition coefficient (Wildman–Crippen LogP) is 4.22. The fourth-order valence-corrected chi connectivity index (χ4v) is 4.29. The van der Waals surface area contributed by atoms with E-state index in [0.717, 1.165) is 12.3 Å². The van der Waals surface area contributed by atoms with Crippen molar-refractivity contribution in [3.8, 4) is 0 Å². The summed E-state index contributed by atoms with van der Waals surface area (Å²) in [5, 5.41) is 10.5. The maximum Gasteiger partial charge on any atom is 0.0695 e. The molecule has 2 saturated carbocycles. The Bertz CT molecular complexity index is 288. The Morgan fingerprint density at radius 2 is 1.50 bits per heavy atom. The van der Waals surface area contributed by atoms with Crippen molar-refractivity contribution in [2.45, 2.75) is 96.7 Å². The van der Waals surface area contributed by atoms with Gasteiger partial charge in [0.05, 0.1) is 6.10 Å². The SMILES string of the molecule is CN(C1CCCCCC1)C1CC(C(C)(C)C)CCC1O. The van der Waals surface area contributed by atoms with Crippen LogP contribution in [0.3, 0.4) is 0 Å². The van der Waals surface area contributed by atoms with E-state index in [1.807, 2.05) is 0 Å². The number of likely N-dealkylation sites (N-methyl/N-ethyl adjacent to an activating group) is 1. The van der Waals surface area contributed by atoms with Crippen LogP contribution in [-0.4, -0.2) is 35.2 Å². The summed E-state index contributed by atoms with van der Waals surface area (Å²) in [6, 6.07) is 1.09. The van der Waals surface area contributed by atoms with Gasteiger partial charge in [-0.2, -0.15) is 0 Å². The molecule has 0 bridgehead atoms. The van der Waals surface area contributed by atoms with Crippen LogP contribution in [0.15, 0.2) is 0 Å². The standard InChI is InChI=1S/C18H35NO/c1-18(2,3)14-11-12-17(20)16(13-14)19(4)15-9-7-5-6-8-10-15/h14-17,20H,5-13H2,1-4H3. The van der Waals surface area contributed by atoms with Crippen LogP contribution in [0.25, 0.3) is 0 Å². The average molecular weight is 281 g/mol. The smallest absolute Gasteiger partial charge is 0.0695 e. The Morgan fingerprint density at radius 1 is 0.900 bits per heavy atom. The van der Waals surface area contributed by atoms with Crippen molar-refractivity contribution >= 4 is 0 Å². The van der Waals surface area contributed by atoms with Crippen LogP contribution in [0, 0.1) is 11.3 Å². The summed E-state index contributed by atoms with van der Waals surface area (Å²) in [6.45, 7) is 7.08. The van der Waals surface area contributed by atoms with Gasteiger partial charge in [-0.15, -0.1) is 0 Å². The highest BCUT2D eigenvalue weighted by Gasteiger charge is 2.38. The lowest BCUT2D eigenvalue weighted by Crippen LogP contribution is -2.51. The molecule has 2 aliphatic carbocycles. The van der Waals surface area contributed by atoms with Gasteiger partial charge in [-0.3, -0.25) is 4.90 Å².